The number of rotatable bonds is 7. The minimum absolute atomic E-state index is 0.637. The number of tetrazole rings is 1. The molecule has 0 saturated heterocycles. The number of nitrogens with one attached hydrogen (secondary N) is 1. The molecule has 0 aliphatic carbocycles. The number of carboxylic acid groups (broad SMARTS) is 1. The molecule has 3 aromatic rings. The molecule has 26 heavy (non-hydrogen) atoms. The molecule has 0 bridgehead atoms. The molecule has 2 N–H and O–H groups in total. The lowest BCUT2D eigenvalue weighted by Gasteiger charge is -2.12. The molecule has 0 saturated carbocycles. The van der Waals surface area contributed by atoms with Crippen molar-refractivity contribution in [2.75, 3.05) is 11.1 Å². The smallest absolute Gasteiger partial charge is 0.409 e. The molecule has 0 aliphatic rings. The minimum atomic E-state index is -1.05. The lowest BCUT2D eigenvalue weighted by atomic mass is 10.1. The number of para-hydroxylation sites is 1. The summed E-state index contributed by atoms with van der Waals surface area (Å²) in [6.07, 6.45) is 1.33. The topological polar surface area (TPSA) is 92.9 Å². The van der Waals surface area contributed by atoms with Crippen LogP contribution in [0.5, 0.6) is 0 Å². The molecule has 0 atom stereocenters. The fraction of sp³-hybridized carbons (Fsp3) is 0.222. The van der Waals surface area contributed by atoms with E-state index in [-0.39, 0.29) is 0 Å². The largest absolute Gasteiger partial charge is 0.465 e. The first kappa shape index (κ1) is 17.9. The first-order valence-corrected chi connectivity index (χ1v) is 9.12. The molecule has 1 heterocycles. The van der Waals surface area contributed by atoms with Crippen molar-refractivity contribution < 1.29 is 9.90 Å². The van der Waals surface area contributed by atoms with Crippen LogP contribution in [0.25, 0.3) is 0 Å². The number of anilines is 1. The molecule has 1 amide bonds. The number of aryl methyl sites for hydroxylation is 1. The monoisotopic (exact) mass is 369 g/mol. The average Bonchev–Trinajstić information content (AvgIpc) is 3.12. The lowest BCUT2D eigenvalue weighted by molar-refractivity contribution is 0.209. The van der Waals surface area contributed by atoms with E-state index in [0.29, 0.717) is 12.2 Å². The van der Waals surface area contributed by atoms with Crippen LogP contribution in [0, 0.1) is 6.92 Å². The summed E-state index contributed by atoms with van der Waals surface area (Å²) in [4.78, 5) is 12.1. The Labute approximate surface area is 155 Å². The van der Waals surface area contributed by atoms with Crippen molar-refractivity contribution in [1.29, 1.82) is 0 Å². The molecular weight excluding hydrogens is 350 g/mol. The van der Waals surface area contributed by atoms with E-state index in [4.69, 9.17) is 5.11 Å². The summed E-state index contributed by atoms with van der Waals surface area (Å²) in [5.74, 6) is 0.855. The Morgan fingerprint density at radius 1 is 1.19 bits per heavy atom. The van der Waals surface area contributed by atoms with Crippen LogP contribution in [0.2, 0.25) is 0 Å². The second kappa shape index (κ2) is 8.48. The zero-order valence-electron chi connectivity index (χ0n) is 14.3. The summed E-state index contributed by atoms with van der Waals surface area (Å²) in [6, 6.07) is 13.7. The highest BCUT2D eigenvalue weighted by molar-refractivity contribution is 7.99. The average molecular weight is 369 g/mol. The number of nitrogens with zero attached hydrogens (tertiary/aromatic N) is 4. The molecule has 0 radical (unpaired) electrons. The fourth-order valence-electron chi connectivity index (χ4n) is 2.66. The first-order chi connectivity index (χ1) is 12.6. The summed E-state index contributed by atoms with van der Waals surface area (Å²) in [7, 11) is 0. The molecule has 0 spiro atoms. The molecular formula is C18H19N5O2S. The lowest BCUT2D eigenvalue weighted by Crippen LogP contribution is -2.09. The minimum Gasteiger partial charge on any atom is -0.465 e. The van der Waals surface area contributed by atoms with E-state index in [9.17, 15) is 4.79 Å². The number of aromatic nitrogens is 4. The van der Waals surface area contributed by atoms with Crippen molar-refractivity contribution in [3.8, 4) is 0 Å². The Kier molecular flexibility index (Phi) is 5.85. The first-order valence-electron chi connectivity index (χ1n) is 8.13. The Bertz CT molecular complexity index is 883. The van der Waals surface area contributed by atoms with Crippen molar-refractivity contribution in [1.82, 2.24) is 20.2 Å². The zero-order chi connectivity index (χ0) is 18.4. The highest BCUT2D eigenvalue weighted by atomic mass is 32.2. The third-order valence-electron chi connectivity index (χ3n) is 4.01. The van der Waals surface area contributed by atoms with E-state index >= 15 is 0 Å². The summed E-state index contributed by atoms with van der Waals surface area (Å²) >= 11 is 1.76. The molecule has 134 valence electrons. The Hall–Kier alpha value is -2.87. The predicted molar refractivity (Wildman–Crippen MR) is 101 cm³/mol. The number of hydrogen-bond donors (Lipinski definition) is 2. The maximum absolute atomic E-state index is 10.9. The third kappa shape index (κ3) is 4.60. The number of carbonyl (C=O) groups is 1. The fourth-order valence-corrected chi connectivity index (χ4v) is 3.73. The van der Waals surface area contributed by atoms with Gasteiger partial charge in [-0.05, 0) is 52.6 Å². The summed E-state index contributed by atoms with van der Waals surface area (Å²) in [5, 5.41) is 22.6. The van der Waals surface area contributed by atoms with Crippen LogP contribution in [0.1, 0.15) is 16.7 Å². The molecule has 3 rings (SSSR count). The Morgan fingerprint density at radius 2 is 2.00 bits per heavy atom. The third-order valence-corrected chi connectivity index (χ3v) is 5.17. The summed E-state index contributed by atoms with van der Waals surface area (Å²) in [5.41, 5.74) is 4.02. The van der Waals surface area contributed by atoms with Gasteiger partial charge in [-0.1, -0.05) is 30.3 Å². The molecule has 1 aromatic heterocycles. The van der Waals surface area contributed by atoms with Crippen LogP contribution >= 0.6 is 11.8 Å². The quantitative estimate of drug-likeness (QED) is 0.620. The van der Waals surface area contributed by atoms with Crippen molar-refractivity contribution >= 4 is 23.5 Å². The van der Waals surface area contributed by atoms with Crippen LogP contribution in [-0.2, 0) is 13.0 Å². The van der Waals surface area contributed by atoms with Crippen LogP contribution in [0.15, 0.2) is 53.7 Å². The van der Waals surface area contributed by atoms with Gasteiger partial charge in [-0.25, -0.2) is 9.48 Å². The van der Waals surface area contributed by atoms with Crippen LogP contribution in [-0.4, -0.2) is 37.2 Å². The molecule has 0 aliphatic heterocycles. The number of amides is 1. The van der Waals surface area contributed by atoms with E-state index in [1.807, 2.05) is 24.3 Å². The molecule has 2 aromatic carbocycles. The molecule has 0 unspecified atom stereocenters. The highest BCUT2D eigenvalue weighted by Gasteiger charge is 2.08. The number of benzene rings is 2. The van der Waals surface area contributed by atoms with Gasteiger partial charge in [-0.15, -0.1) is 16.9 Å². The maximum atomic E-state index is 10.9. The van der Waals surface area contributed by atoms with Gasteiger partial charge >= 0.3 is 6.09 Å². The van der Waals surface area contributed by atoms with Gasteiger partial charge in [0, 0.05) is 16.3 Å². The number of hydrogen-bond acceptors (Lipinski definition) is 5. The number of thioether (sulfide) groups is 1. The second-order valence-corrected chi connectivity index (χ2v) is 6.87. The van der Waals surface area contributed by atoms with Crippen LogP contribution in [0.4, 0.5) is 10.5 Å². The maximum Gasteiger partial charge on any atom is 0.409 e. The summed E-state index contributed by atoms with van der Waals surface area (Å²) in [6.45, 7) is 2.74. The molecule has 7 nitrogen and oxygen atoms in total. The van der Waals surface area contributed by atoms with Crippen molar-refractivity contribution in [2.45, 2.75) is 24.8 Å². The zero-order valence-corrected chi connectivity index (χ0v) is 15.1. The SMILES string of the molecule is Cc1c(Cn2cnnn2)cccc1SCCc1ccccc1NC(=O)O. The molecule has 0 fully saturated rings. The van der Waals surface area contributed by atoms with E-state index in [1.54, 1.807) is 28.8 Å². The van der Waals surface area contributed by atoms with Crippen LogP contribution in [0.3, 0.4) is 0 Å². The van der Waals surface area contributed by atoms with Gasteiger partial charge in [0.15, 0.2) is 0 Å². The summed E-state index contributed by atoms with van der Waals surface area (Å²) < 4.78 is 1.70. The van der Waals surface area contributed by atoms with Gasteiger partial charge in [0.25, 0.3) is 0 Å². The van der Waals surface area contributed by atoms with E-state index in [2.05, 4.69) is 39.9 Å². The van der Waals surface area contributed by atoms with Gasteiger partial charge in [0.05, 0.1) is 6.54 Å². The van der Waals surface area contributed by atoms with Crippen molar-refractivity contribution in [2.24, 2.45) is 0 Å². The van der Waals surface area contributed by atoms with Crippen LogP contribution < -0.4 is 5.32 Å². The van der Waals surface area contributed by atoms with Gasteiger partial charge in [-0.3, -0.25) is 5.32 Å². The van der Waals surface area contributed by atoms with E-state index in [0.717, 1.165) is 17.7 Å². The van der Waals surface area contributed by atoms with Gasteiger partial charge in [0.1, 0.15) is 6.33 Å². The Morgan fingerprint density at radius 3 is 2.77 bits per heavy atom. The standard InChI is InChI=1S/C18H19N5O2S/c1-13-15(11-23-12-19-21-22-23)6-4-8-17(13)26-10-9-14-5-2-3-7-16(14)20-18(24)25/h2-8,12,20H,9-11H2,1H3,(H,24,25). The highest BCUT2D eigenvalue weighted by Crippen LogP contribution is 2.27. The van der Waals surface area contributed by atoms with E-state index < -0.39 is 6.09 Å². The second-order valence-electron chi connectivity index (χ2n) is 5.73. The Balaban J connectivity index is 1.65. The normalized spacial score (nSPS) is 10.7. The van der Waals surface area contributed by atoms with Crippen molar-refractivity contribution in [3.05, 3.63) is 65.5 Å². The van der Waals surface area contributed by atoms with E-state index in [1.165, 1.54) is 16.0 Å². The van der Waals surface area contributed by atoms with Gasteiger partial charge in [0.2, 0.25) is 0 Å². The van der Waals surface area contributed by atoms with Crippen molar-refractivity contribution in [3.63, 3.8) is 0 Å². The van der Waals surface area contributed by atoms with Gasteiger partial charge < -0.3 is 5.11 Å². The predicted octanol–water partition coefficient (Wildman–Crippen LogP) is 3.45. The van der Waals surface area contributed by atoms with Gasteiger partial charge in [-0.2, -0.15) is 0 Å². The molecule has 8 heteroatoms.